The summed E-state index contributed by atoms with van der Waals surface area (Å²) in [5.74, 6) is 0.863. The van der Waals surface area contributed by atoms with Gasteiger partial charge in [0.25, 0.3) is 0 Å². The Morgan fingerprint density at radius 3 is 2.66 bits per heavy atom. The number of hydrogen-bond donors (Lipinski definition) is 1. The zero-order valence-corrected chi connectivity index (χ0v) is 16.3. The van der Waals surface area contributed by atoms with E-state index in [1.807, 2.05) is 56.3 Å². The largest absolute Gasteiger partial charge is 0.309 e. The van der Waals surface area contributed by atoms with E-state index in [4.69, 9.17) is 0 Å². The molecule has 8 heteroatoms. The Kier molecular flexibility index (Phi) is 5.15. The number of rotatable bonds is 6. The molecular weight excluding hydrogens is 366 g/mol. The van der Waals surface area contributed by atoms with Crippen LogP contribution in [0.5, 0.6) is 0 Å². The van der Waals surface area contributed by atoms with Crippen LogP contribution >= 0.6 is 0 Å². The number of nitrogens with one attached hydrogen (secondary N) is 1. The van der Waals surface area contributed by atoms with Gasteiger partial charge in [-0.3, -0.25) is 4.79 Å². The van der Waals surface area contributed by atoms with Crippen LogP contribution in [0.3, 0.4) is 0 Å². The highest BCUT2D eigenvalue weighted by Crippen LogP contribution is 2.14. The molecule has 0 bridgehead atoms. The van der Waals surface area contributed by atoms with Crippen LogP contribution in [0.1, 0.15) is 16.7 Å². The summed E-state index contributed by atoms with van der Waals surface area (Å²) in [7, 11) is 0. The molecule has 0 radical (unpaired) electrons. The van der Waals surface area contributed by atoms with Gasteiger partial charge in [-0.2, -0.15) is 9.90 Å². The molecule has 4 rings (SSSR count). The minimum Gasteiger partial charge on any atom is -0.309 e. The van der Waals surface area contributed by atoms with Crippen molar-refractivity contribution in [2.75, 3.05) is 5.32 Å². The van der Waals surface area contributed by atoms with Crippen LogP contribution in [0.25, 0.3) is 11.4 Å². The van der Waals surface area contributed by atoms with Crippen LogP contribution in [0, 0.1) is 13.8 Å². The molecule has 4 aromatic rings. The Morgan fingerprint density at radius 2 is 1.86 bits per heavy atom. The maximum absolute atomic E-state index is 12.4. The lowest BCUT2D eigenvalue weighted by Gasteiger charge is -2.09. The number of amides is 1. The summed E-state index contributed by atoms with van der Waals surface area (Å²) < 4.78 is 1.75. The molecule has 2 aromatic carbocycles. The molecule has 8 nitrogen and oxygen atoms in total. The van der Waals surface area contributed by atoms with Gasteiger partial charge in [0, 0.05) is 11.6 Å². The van der Waals surface area contributed by atoms with E-state index in [2.05, 4.69) is 31.9 Å². The molecule has 0 aliphatic carbocycles. The molecule has 1 N–H and O–H groups in total. The summed E-state index contributed by atoms with van der Waals surface area (Å²) in [6.45, 7) is 4.60. The van der Waals surface area contributed by atoms with Gasteiger partial charge in [-0.25, -0.2) is 4.68 Å². The van der Waals surface area contributed by atoms with Crippen molar-refractivity contribution >= 4 is 11.7 Å². The van der Waals surface area contributed by atoms with Crippen LogP contribution < -0.4 is 5.32 Å². The van der Waals surface area contributed by atoms with Crippen molar-refractivity contribution in [3.63, 3.8) is 0 Å². The number of carbonyl (C=O) groups excluding carboxylic acids is 1. The summed E-state index contributed by atoms with van der Waals surface area (Å²) >= 11 is 0. The SMILES string of the molecule is Cc1ccc(-c2nnn(CC(=O)Nc3ccnn3Cc3cccc(C)c3)n2)cc1. The van der Waals surface area contributed by atoms with Gasteiger partial charge in [0.05, 0.1) is 12.7 Å². The molecule has 0 saturated heterocycles. The molecule has 0 fully saturated rings. The van der Waals surface area contributed by atoms with Crippen LogP contribution in [-0.2, 0) is 17.9 Å². The van der Waals surface area contributed by atoms with Crippen molar-refractivity contribution in [3.05, 3.63) is 77.5 Å². The van der Waals surface area contributed by atoms with E-state index >= 15 is 0 Å². The molecular formula is C21H21N7O. The van der Waals surface area contributed by atoms with Crippen molar-refractivity contribution in [2.24, 2.45) is 0 Å². The van der Waals surface area contributed by atoms with Gasteiger partial charge >= 0.3 is 0 Å². The lowest BCUT2D eigenvalue weighted by Crippen LogP contribution is -2.22. The van der Waals surface area contributed by atoms with E-state index in [1.54, 1.807) is 16.9 Å². The zero-order chi connectivity index (χ0) is 20.2. The normalized spacial score (nSPS) is 10.8. The third kappa shape index (κ3) is 4.55. The molecule has 1 amide bonds. The van der Waals surface area contributed by atoms with Crippen LogP contribution in [-0.4, -0.2) is 35.9 Å². The highest BCUT2D eigenvalue weighted by molar-refractivity contribution is 5.89. The van der Waals surface area contributed by atoms with E-state index in [0.717, 1.165) is 16.7 Å². The van der Waals surface area contributed by atoms with Gasteiger partial charge in [0.2, 0.25) is 11.7 Å². The Balaban J connectivity index is 1.41. The minimum absolute atomic E-state index is 0.0332. The summed E-state index contributed by atoms with van der Waals surface area (Å²) in [6, 6.07) is 17.8. The van der Waals surface area contributed by atoms with Crippen LogP contribution in [0.4, 0.5) is 5.82 Å². The van der Waals surface area contributed by atoms with Crippen molar-refractivity contribution in [2.45, 2.75) is 26.9 Å². The predicted molar refractivity (Wildman–Crippen MR) is 109 cm³/mol. The number of aromatic nitrogens is 6. The molecule has 29 heavy (non-hydrogen) atoms. The number of anilines is 1. The number of carbonyl (C=O) groups is 1. The summed E-state index contributed by atoms with van der Waals surface area (Å²) in [5.41, 5.74) is 4.31. The second-order valence-corrected chi connectivity index (χ2v) is 6.92. The van der Waals surface area contributed by atoms with Gasteiger partial charge in [-0.1, -0.05) is 59.7 Å². The molecule has 0 saturated carbocycles. The predicted octanol–water partition coefficient (Wildman–Crippen LogP) is 2.84. The van der Waals surface area contributed by atoms with Crippen molar-refractivity contribution < 1.29 is 4.79 Å². The first kappa shape index (κ1) is 18.5. The first-order valence-corrected chi connectivity index (χ1v) is 9.29. The highest BCUT2D eigenvalue weighted by Gasteiger charge is 2.12. The van der Waals surface area contributed by atoms with Gasteiger partial charge < -0.3 is 5.32 Å². The Morgan fingerprint density at radius 1 is 1.03 bits per heavy atom. The van der Waals surface area contributed by atoms with E-state index in [9.17, 15) is 4.79 Å². The Hall–Kier alpha value is -3.81. The zero-order valence-electron chi connectivity index (χ0n) is 16.3. The molecule has 2 heterocycles. The molecule has 0 spiro atoms. The second kappa shape index (κ2) is 8.05. The minimum atomic E-state index is -0.246. The topological polar surface area (TPSA) is 90.5 Å². The fourth-order valence-electron chi connectivity index (χ4n) is 2.99. The smallest absolute Gasteiger partial charge is 0.249 e. The molecule has 0 unspecified atom stereocenters. The average Bonchev–Trinajstić information content (AvgIpc) is 3.32. The van der Waals surface area contributed by atoms with E-state index < -0.39 is 0 Å². The lowest BCUT2D eigenvalue weighted by atomic mass is 10.1. The van der Waals surface area contributed by atoms with Crippen molar-refractivity contribution in [1.29, 1.82) is 0 Å². The fourth-order valence-corrected chi connectivity index (χ4v) is 2.99. The lowest BCUT2D eigenvalue weighted by molar-refractivity contribution is -0.117. The average molecular weight is 387 g/mol. The molecule has 0 aliphatic rings. The molecule has 2 aromatic heterocycles. The van der Waals surface area contributed by atoms with Crippen LogP contribution in [0.2, 0.25) is 0 Å². The Labute approximate surface area is 168 Å². The highest BCUT2D eigenvalue weighted by atomic mass is 16.2. The van der Waals surface area contributed by atoms with Gasteiger partial charge in [0.15, 0.2) is 0 Å². The van der Waals surface area contributed by atoms with Crippen molar-refractivity contribution in [3.8, 4) is 11.4 Å². The van der Waals surface area contributed by atoms with Gasteiger partial charge in [-0.05, 0) is 24.6 Å². The second-order valence-electron chi connectivity index (χ2n) is 6.92. The maximum Gasteiger partial charge on any atom is 0.249 e. The standard InChI is InChI=1S/C21H21N7O/c1-15-6-8-18(9-7-15)21-24-26-28(25-21)14-20(29)23-19-10-11-22-27(19)13-17-5-3-4-16(2)12-17/h3-12H,13-14H2,1-2H3,(H,23,29). The molecule has 0 atom stereocenters. The van der Waals surface area contributed by atoms with Gasteiger partial charge in [0.1, 0.15) is 12.4 Å². The first-order chi connectivity index (χ1) is 14.1. The summed E-state index contributed by atoms with van der Waals surface area (Å²) in [5, 5.41) is 19.5. The van der Waals surface area contributed by atoms with Gasteiger partial charge in [-0.15, -0.1) is 10.2 Å². The summed E-state index contributed by atoms with van der Waals surface area (Å²) in [6.07, 6.45) is 1.66. The summed E-state index contributed by atoms with van der Waals surface area (Å²) in [4.78, 5) is 13.7. The monoisotopic (exact) mass is 387 g/mol. The number of aryl methyl sites for hydroxylation is 2. The number of benzene rings is 2. The van der Waals surface area contributed by atoms with Crippen LogP contribution in [0.15, 0.2) is 60.8 Å². The number of tetrazole rings is 1. The third-order valence-corrected chi connectivity index (χ3v) is 4.45. The quantitative estimate of drug-likeness (QED) is 0.549. The molecule has 146 valence electrons. The van der Waals surface area contributed by atoms with E-state index in [0.29, 0.717) is 18.2 Å². The maximum atomic E-state index is 12.4. The first-order valence-electron chi connectivity index (χ1n) is 9.29. The van der Waals surface area contributed by atoms with E-state index in [1.165, 1.54) is 10.4 Å². The van der Waals surface area contributed by atoms with E-state index in [-0.39, 0.29) is 12.5 Å². The number of hydrogen-bond acceptors (Lipinski definition) is 5. The van der Waals surface area contributed by atoms with Crippen molar-refractivity contribution in [1.82, 2.24) is 30.0 Å². The third-order valence-electron chi connectivity index (χ3n) is 4.45. The number of nitrogens with zero attached hydrogens (tertiary/aromatic N) is 6. The molecule has 0 aliphatic heterocycles. The Bertz CT molecular complexity index is 1130. The fraction of sp³-hybridized carbons (Fsp3) is 0.190.